The van der Waals surface area contributed by atoms with Crippen LogP contribution < -0.4 is 11.1 Å². The van der Waals surface area contributed by atoms with Gasteiger partial charge in [0.15, 0.2) is 0 Å². The molecular formula is C12H18N2O2. The van der Waals surface area contributed by atoms with Gasteiger partial charge in [-0.3, -0.25) is 10.1 Å². The number of phenols is 1. The highest BCUT2D eigenvalue weighted by Crippen LogP contribution is 2.17. The van der Waals surface area contributed by atoms with Gasteiger partial charge in [-0.15, -0.1) is 0 Å². The average Bonchev–Trinajstić information content (AvgIpc) is 2.26. The minimum atomic E-state index is -0.504. The number of carbonyl (C=O) groups is 1. The number of aromatic hydroxyl groups is 1. The maximum atomic E-state index is 11.3. The fourth-order valence-corrected chi connectivity index (χ4v) is 1.41. The summed E-state index contributed by atoms with van der Waals surface area (Å²) < 4.78 is 0. The average molecular weight is 222 g/mol. The van der Waals surface area contributed by atoms with Crippen molar-refractivity contribution in [2.24, 2.45) is 5.73 Å². The van der Waals surface area contributed by atoms with Crippen molar-refractivity contribution < 1.29 is 9.90 Å². The molecule has 4 N–H and O–H groups in total. The third kappa shape index (κ3) is 3.24. The predicted molar refractivity (Wildman–Crippen MR) is 62.9 cm³/mol. The van der Waals surface area contributed by atoms with Crippen LogP contribution in [-0.4, -0.2) is 17.1 Å². The van der Waals surface area contributed by atoms with Crippen molar-refractivity contribution in [1.82, 2.24) is 5.32 Å². The van der Waals surface area contributed by atoms with Crippen LogP contribution in [0, 0.1) is 0 Å². The Labute approximate surface area is 95.5 Å². The fraction of sp³-hybridized carbons (Fsp3) is 0.417. The molecule has 0 heterocycles. The molecule has 88 valence electrons. The monoisotopic (exact) mass is 222 g/mol. The first-order valence-electron chi connectivity index (χ1n) is 5.39. The number of benzene rings is 1. The zero-order valence-corrected chi connectivity index (χ0v) is 9.60. The van der Waals surface area contributed by atoms with Gasteiger partial charge in [0.2, 0.25) is 5.91 Å². The third-order valence-corrected chi connectivity index (χ3v) is 2.57. The van der Waals surface area contributed by atoms with Gasteiger partial charge in [-0.05, 0) is 31.0 Å². The highest BCUT2D eigenvalue weighted by molar-refractivity contribution is 5.81. The lowest BCUT2D eigenvalue weighted by Gasteiger charge is -2.20. The Bertz CT molecular complexity index is 349. The number of primary amides is 1. The Kier molecular flexibility index (Phi) is 4.31. The lowest BCUT2D eigenvalue weighted by Crippen LogP contribution is -2.38. The molecule has 1 aromatic carbocycles. The van der Waals surface area contributed by atoms with Gasteiger partial charge < -0.3 is 10.8 Å². The van der Waals surface area contributed by atoms with Crippen LogP contribution in [0.25, 0.3) is 0 Å². The molecule has 2 unspecified atom stereocenters. The Hall–Kier alpha value is -1.55. The summed E-state index contributed by atoms with van der Waals surface area (Å²) in [5, 5.41) is 12.3. The zero-order chi connectivity index (χ0) is 12.1. The summed E-state index contributed by atoms with van der Waals surface area (Å²) in [4.78, 5) is 11.3. The first-order chi connectivity index (χ1) is 7.54. The molecule has 0 bridgehead atoms. The molecule has 0 aromatic heterocycles. The predicted octanol–water partition coefficient (Wildman–Crippen LogP) is 1.31. The standard InChI is InChI=1S/C12H18N2O2/c1-3-8(2)14-11(12(13)16)9-4-6-10(15)7-5-9/h4-8,11,14-15H,3H2,1-2H3,(H2,13,16). The van der Waals surface area contributed by atoms with E-state index in [9.17, 15) is 4.79 Å². The van der Waals surface area contributed by atoms with E-state index >= 15 is 0 Å². The molecule has 1 aromatic rings. The van der Waals surface area contributed by atoms with E-state index in [4.69, 9.17) is 10.8 Å². The van der Waals surface area contributed by atoms with Crippen LogP contribution in [0.2, 0.25) is 0 Å². The highest BCUT2D eigenvalue weighted by atomic mass is 16.3. The number of nitrogens with one attached hydrogen (secondary N) is 1. The van der Waals surface area contributed by atoms with Gasteiger partial charge in [-0.1, -0.05) is 19.1 Å². The molecular weight excluding hydrogens is 204 g/mol. The molecule has 1 rings (SSSR count). The fourth-order valence-electron chi connectivity index (χ4n) is 1.41. The van der Waals surface area contributed by atoms with E-state index in [1.807, 2.05) is 13.8 Å². The van der Waals surface area contributed by atoms with E-state index < -0.39 is 11.9 Å². The van der Waals surface area contributed by atoms with Crippen molar-refractivity contribution in [3.05, 3.63) is 29.8 Å². The van der Waals surface area contributed by atoms with Crippen molar-refractivity contribution in [2.45, 2.75) is 32.4 Å². The Morgan fingerprint density at radius 2 is 2.00 bits per heavy atom. The summed E-state index contributed by atoms with van der Waals surface area (Å²) >= 11 is 0. The molecule has 0 aliphatic carbocycles. The Balaban J connectivity index is 2.85. The van der Waals surface area contributed by atoms with Crippen molar-refractivity contribution in [1.29, 1.82) is 0 Å². The smallest absolute Gasteiger partial charge is 0.239 e. The summed E-state index contributed by atoms with van der Waals surface area (Å²) in [7, 11) is 0. The molecule has 16 heavy (non-hydrogen) atoms. The van der Waals surface area contributed by atoms with Crippen molar-refractivity contribution in [2.75, 3.05) is 0 Å². The number of nitrogens with two attached hydrogens (primary N) is 1. The van der Waals surface area contributed by atoms with Crippen LogP contribution in [0.4, 0.5) is 0 Å². The van der Waals surface area contributed by atoms with E-state index in [1.54, 1.807) is 24.3 Å². The van der Waals surface area contributed by atoms with E-state index in [0.29, 0.717) is 0 Å². The largest absolute Gasteiger partial charge is 0.508 e. The van der Waals surface area contributed by atoms with Gasteiger partial charge >= 0.3 is 0 Å². The second-order valence-electron chi connectivity index (χ2n) is 3.90. The minimum Gasteiger partial charge on any atom is -0.508 e. The molecule has 4 nitrogen and oxygen atoms in total. The van der Waals surface area contributed by atoms with Crippen molar-refractivity contribution >= 4 is 5.91 Å². The lowest BCUT2D eigenvalue weighted by atomic mass is 10.0. The zero-order valence-electron chi connectivity index (χ0n) is 9.60. The van der Waals surface area contributed by atoms with Crippen LogP contribution in [-0.2, 0) is 4.79 Å². The summed E-state index contributed by atoms with van der Waals surface area (Å²) in [6.45, 7) is 4.03. The molecule has 0 fully saturated rings. The Morgan fingerprint density at radius 3 is 2.44 bits per heavy atom. The number of hydrogen-bond acceptors (Lipinski definition) is 3. The van der Waals surface area contributed by atoms with Crippen LogP contribution in [0.1, 0.15) is 31.9 Å². The Morgan fingerprint density at radius 1 is 1.44 bits per heavy atom. The SMILES string of the molecule is CCC(C)NC(C(N)=O)c1ccc(O)cc1. The number of hydrogen-bond donors (Lipinski definition) is 3. The molecule has 0 saturated carbocycles. The van der Waals surface area contributed by atoms with Crippen LogP contribution in [0.5, 0.6) is 5.75 Å². The number of rotatable bonds is 5. The quantitative estimate of drug-likeness (QED) is 0.703. The molecule has 0 aliphatic heterocycles. The maximum absolute atomic E-state index is 11.3. The minimum absolute atomic E-state index is 0.176. The van der Waals surface area contributed by atoms with Crippen molar-refractivity contribution in [3.8, 4) is 5.75 Å². The maximum Gasteiger partial charge on any atom is 0.239 e. The van der Waals surface area contributed by atoms with E-state index in [0.717, 1.165) is 12.0 Å². The molecule has 0 spiro atoms. The number of phenolic OH excluding ortho intramolecular Hbond substituents is 1. The van der Waals surface area contributed by atoms with Crippen LogP contribution in [0.15, 0.2) is 24.3 Å². The van der Waals surface area contributed by atoms with E-state index in [1.165, 1.54) is 0 Å². The normalized spacial score (nSPS) is 14.4. The van der Waals surface area contributed by atoms with E-state index in [2.05, 4.69) is 5.32 Å². The van der Waals surface area contributed by atoms with Crippen LogP contribution >= 0.6 is 0 Å². The van der Waals surface area contributed by atoms with Gasteiger partial charge in [0.1, 0.15) is 11.8 Å². The molecule has 4 heteroatoms. The van der Waals surface area contributed by atoms with Gasteiger partial charge in [0, 0.05) is 6.04 Å². The number of carbonyl (C=O) groups excluding carboxylic acids is 1. The van der Waals surface area contributed by atoms with Crippen LogP contribution in [0.3, 0.4) is 0 Å². The van der Waals surface area contributed by atoms with Gasteiger partial charge in [0.05, 0.1) is 0 Å². The number of amides is 1. The second kappa shape index (κ2) is 5.51. The molecule has 1 amide bonds. The van der Waals surface area contributed by atoms with E-state index in [-0.39, 0.29) is 11.8 Å². The topological polar surface area (TPSA) is 75.3 Å². The molecule has 2 atom stereocenters. The van der Waals surface area contributed by atoms with Crippen molar-refractivity contribution in [3.63, 3.8) is 0 Å². The highest BCUT2D eigenvalue weighted by Gasteiger charge is 2.18. The first-order valence-corrected chi connectivity index (χ1v) is 5.39. The summed E-state index contributed by atoms with van der Waals surface area (Å²) in [6.07, 6.45) is 0.919. The third-order valence-electron chi connectivity index (χ3n) is 2.57. The second-order valence-corrected chi connectivity index (χ2v) is 3.90. The summed E-state index contributed by atoms with van der Waals surface area (Å²) in [6, 6.07) is 6.19. The van der Waals surface area contributed by atoms with Gasteiger partial charge in [0.25, 0.3) is 0 Å². The van der Waals surface area contributed by atoms with Gasteiger partial charge in [-0.2, -0.15) is 0 Å². The molecule has 0 radical (unpaired) electrons. The molecule has 0 aliphatic rings. The summed E-state index contributed by atoms with van der Waals surface area (Å²) in [5.74, 6) is -0.235. The molecule has 0 saturated heterocycles. The summed E-state index contributed by atoms with van der Waals surface area (Å²) in [5.41, 5.74) is 6.11. The lowest BCUT2D eigenvalue weighted by molar-refractivity contribution is -0.120. The first kappa shape index (κ1) is 12.5. The van der Waals surface area contributed by atoms with Gasteiger partial charge in [-0.25, -0.2) is 0 Å².